The van der Waals surface area contributed by atoms with Crippen molar-refractivity contribution in [3.63, 3.8) is 0 Å². The van der Waals surface area contributed by atoms with Crippen LogP contribution >= 0.6 is 0 Å². The molecule has 2 N–H and O–H groups in total. The first kappa shape index (κ1) is 31.3. The SMILES string of the molecule is COC(=O)C[C@@H](C1=C(O)C(=O)C([C@H](CC(=O)OC)c2ccc(C(=O)OC)cc2)=C(O)C1=O)c1ccc(C(=O)OC)cc1. The van der Waals surface area contributed by atoms with E-state index in [1.807, 2.05) is 0 Å². The Hall–Kier alpha value is -5.26. The predicted molar refractivity (Wildman–Crippen MR) is 144 cm³/mol. The molecule has 12 nitrogen and oxygen atoms in total. The molecule has 220 valence electrons. The molecule has 2 aromatic rings. The van der Waals surface area contributed by atoms with Gasteiger partial charge in [-0.25, -0.2) is 9.59 Å². The van der Waals surface area contributed by atoms with Gasteiger partial charge in [-0.15, -0.1) is 0 Å². The Balaban J connectivity index is 2.13. The van der Waals surface area contributed by atoms with Gasteiger partial charge in [0, 0.05) is 11.8 Å². The largest absolute Gasteiger partial charge is 0.504 e. The Bertz CT molecular complexity index is 1370. The fourth-order valence-corrected chi connectivity index (χ4v) is 4.57. The second-order valence-electron chi connectivity index (χ2n) is 9.08. The van der Waals surface area contributed by atoms with Gasteiger partial charge in [0.25, 0.3) is 0 Å². The molecule has 42 heavy (non-hydrogen) atoms. The molecule has 0 spiro atoms. The lowest BCUT2D eigenvalue weighted by Crippen LogP contribution is -2.31. The van der Waals surface area contributed by atoms with Crippen molar-refractivity contribution in [3.05, 3.63) is 93.4 Å². The van der Waals surface area contributed by atoms with E-state index in [2.05, 4.69) is 9.47 Å². The van der Waals surface area contributed by atoms with E-state index >= 15 is 0 Å². The Morgan fingerprint density at radius 2 is 0.881 bits per heavy atom. The van der Waals surface area contributed by atoms with Gasteiger partial charge in [0.1, 0.15) is 0 Å². The molecule has 0 saturated heterocycles. The molecular weight excluding hydrogens is 552 g/mol. The van der Waals surface area contributed by atoms with E-state index in [9.17, 15) is 39.0 Å². The number of benzene rings is 2. The minimum atomic E-state index is -1.26. The molecule has 0 heterocycles. The molecule has 1 aliphatic carbocycles. The summed E-state index contributed by atoms with van der Waals surface area (Å²) in [6.45, 7) is 0. The Morgan fingerprint density at radius 3 is 1.14 bits per heavy atom. The lowest BCUT2D eigenvalue weighted by molar-refractivity contribution is -0.142. The molecule has 2 atom stereocenters. The second kappa shape index (κ2) is 13.4. The summed E-state index contributed by atoms with van der Waals surface area (Å²) < 4.78 is 18.8. The quantitative estimate of drug-likeness (QED) is 0.239. The lowest BCUT2D eigenvalue weighted by atomic mass is 9.75. The molecular formula is C30H28O12. The minimum absolute atomic E-state index is 0.163. The van der Waals surface area contributed by atoms with Gasteiger partial charge in [0.2, 0.25) is 11.6 Å². The van der Waals surface area contributed by atoms with Gasteiger partial charge in [-0.2, -0.15) is 0 Å². The van der Waals surface area contributed by atoms with E-state index < -0.39 is 82.8 Å². The van der Waals surface area contributed by atoms with Crippen molar-refractivity contribution in [1.29, 1.82) is 0 Å². The maximum absolute atomic E-state index is 13.6. The molecule has 0 bridgehead atoms. The van der Waals surface area contributed by atoms with Crippen LogP contribution in [0.3, 0.4) is 0 Å². The van der Waals surface area contributed by atoms with E-state index in [0.29, 0.717) is 0 Å². The maximum atomic E-state index is 13.6. The smallest absolute Gasteiger partial charge is 0.337 e. The first-order valence-electron chi connectivity index (χ1n) is 12.4. The number of ketones is 2. The Morgan fingerprint density at radius 1 is 0.571 bits per heavy atom. The van der Waals surface area contributed by atoms with Crippen LogP contribution in [0.1, 0.15) is 56.5 Å². The molecule has 2 aromatic carbocycles. The number of aliphatic hydroxyl groups excluding tert-OH is 2. The average Bonchev–Trinajstić information content (AvgIpc) is 3.02. The molecule has 1 aliphatic rings. The van der Waals surface area contributed by atoms with Crippen LogP contribution in [0.15, 0.2) is 71.2 Å². The molecule has 0 aliphatic heterocycles. The minimum Gasteiger partial charge on any atom is -0.504 e. The summed E-state index contributed by atoms with van der Waals surface area (Å²) in [5.74, 6) is -9.78. The molecule has 0 amide bonds. The molecule has 0 unspecified atom stereocenters. The second-order valence-corrected chi connectivity index (χ2v) is 9.08. The predicted octanol–water partition coefficient (Wildman–Crippen LogP) is 3.03. The van der Waals surface area contributed by atoms with Gasteiger partial charge in [-0.1, -0.05) is 24.3 Å². The van der Waals surface area contributed by atoms with Gasteiger partial charge >= 0.3 is 23.9 Å². The fourth-order valence-electron chi connectivity index (χ4n) is 4.57. The maximum Gasteiger partial charge on any atom is 0.337 e. The van der Waals surface area contributed by atoms with Crippen LogP contribution < -0.4 is 0 Å². The molecule has 0 fully saturated rings. The van der Waals surface area contributed by atoms with Crippen molar-refractivity contribution in [2.45, 2.75) is 24.7 Å². The van der Waals surface area contributed by atoms with Gasteiger partial charge in [-0.05, 0) is 35.4 Å². The number of esters is 4. The summed E-state index contributed by atoms with van der Waals surface area (Å²) in [6.07, 6.45) is -1.01. The van der Waals surface area contributed by atoms with Crippen LogP contribution in [0.4, 0.5) is 0 Å². The van der Waals surface area contributed by atoms with E-state index in [1.54, 1.807) is 0 Å². The van der Waals surface area contributed by atoms with Crippen molar-refractivity contribution >= 4 is 35.4 Å². The number of hydrogen-bond donors (Lipinski definition) is 2. The number of rotatable bonds is 10. The summed E-state index contributed by atoms with van der Waals surface area (Å²) in [4.78, 5) is 75.5. The van der Waals surface area contributed by atoms with Crippen LogP contribution in [0.2, 0.25) is 0 Å². The third-order valence-corrected chi connectivity index (χ3v) is 6.79. The van der Waals surface area contributed by atoms with Crippen molar-refractivity contribution in [3.8, 4) is 0 Å². The Labute approximate surface area is 240 Å². The third-order valence-electron chi connectivity index (χ3n) is 6.79. The topological polar surface area (TPSA) is 180 Å². The summed E-state index contributed by atoms with van der Waals surface area (Å²) in [5.41, 5.74) is -0.328. The highest BCUT2D eigenvalue weighted by molar-refractivity contribution is 6.24. The van der Waals surface area contributed by atoms with Crippen LogP contribution in [0.5, 0.6) is 0 Å². The summed E-state index contributed by atoms with van der Waals surface area (Å²) >= 11 is 0. The highest BCUT2D eigenvalue weighted by atomic mass is 16.5. The third kappa shape index (κ3) is 6.38. The standard InChI is InChI=1S/C30H28O12/c1-39-21(31)13-19(15-5-9-17(10-6-15)29(37)41-3)23-25(33)27(35)24(28(36)26(23)34)20(14-22(32)40-2)16-7-11-18(12-8-16)30(38)42-4/h5-12,19-20,33,36H,13-14H2,1-4H3/t19-,20-/m1/s1. The van der Waals surface area contributed by atoms with Gasteiger partial charge in [0.05, 0.1) is 63.6 Å². The zero-order valence-corrected chi connectivity index (χ0v) is 23.2. The van der Waals surface area contributed by atoms with Crippen molar-refractivity contribution < 1.29 is 57.9 Å². The number of methoxy groups -OCH3 is 4. The fraction of sp³-hybridized carbons (Fsp3) is 0.267. The van der Waals surface area contributed by atoms with Gasteiger partial charge in [-0.3, -0.25) is 19.2 Å². The molecule has 0 saturated carbocycles. The number of Topliss-reactive ketones (excluding diaryl/α,β-unsaturated/α-hetero) is 2. The lowest BCUT2D eigenvalue weighted by Gasteiger charge is -2.27. The number of carbonyl (C=O) groups is 6. The molecule has 0 radical (unpaired) electrons. The Kier molecular flexibility index (Phi) is 9.98. The van der Waals surface area contributed by atoms with Crippen LogP contribution in [-0.4, -0.2) is 74.1 Å². The number of carbonyl (C=O) groups excluding carboxylic acids is 6. The van der Waals surface area contributed by atoms with Crippen molar-refractivity contribution in [2.24, 2.45) is 0 Å². The first-order chi connectivity index (χ1) is 20.0. The highest BCUT2D eigenvalue weighted by Crippen LogP contribution is 2.41. The van der Waals surface area contributed by atoms with Gasteiger partial charge < -0.3 is 29.2 Å². The number of allylic oxidation sites excluding steroid dienone is 2. The molecule has 12 heteroatoms. The monoisotopic (exact) mass is 580 g/mol. The van der Waals surface area contributed by atoms with E-state index in [1.165, 1.54) is 62.8 Å². The summed E-state index contributed by atoms with van der Waals surface area (Å²) in [5, 5.41) is 22.2. The van der Waals surface area contributed by atoms with E-state index in [-0.39, 0.29) is 22.3 Å². The number of aliphatic hydroxyl groups is 2. The zero-order valence-electron chi connectivity index (χ0n) is 23.2. The molecule has 0 aromatic heterocycles. The van der Waals surface area contributed by atoms with Crippen molar-refractivity contribution in [1.82, 2.24) is 0 Å². The average molecular weight is 581 g/mol. The number of ether oxygens (including phenoxy) is 4. The normalized spacial score (nSPS) is 14.7. The molecule has 3 rings (SSSR count). The van der Waals surface area contributed by atoms with Crippen LogP contribution in [0.25, 0.3) is 0 Å². The van der Waals surface area contributed by atoms with Crippen LogP contribution in [-0.2, 0) is 38.1 Å². The number of hydrogen-bond acceptors (Lipinski definition) is 12. The highest BCUT2D eigenvalue weighted by Gasteiger charge is 2.43. The van der Waals surface area contributed by atoms with E-state index in [4.69, 9.17) is 9.47 Å². The zero-order chi connectivity index (χ0) is 31.1. The van der Waals surface area contributed by atoms with Crippen molar-refractivity contribution in [2.75, 3.05) is 28.4 Å². The first-order valence-corrected chi connectivity index (χ1v) is 12.4. The van der Waals surface area contributed by atoms with E-state index in [0.717, 1.165) is 14.2 Å². The summed E-state index contributed by atoms with van der Waals surface area (Å²) in [7, 11) is 4.61. The van der Waals surface area contributed by atoms with Crippen LogP contribution in [0, 0.1) is 0 Å². The summed E-state index contributed by atoms with van der Waals surface area (Å²) in [6, 6.07) is 11.1. The van der Waals surface area contributed by atoms with Gasteiger partial charge in [0.15, 0.2) is 11.5 Å².